The molecule has 3 heterocycles. The molecule has 3 N–H and O–H groups in total. The van der Waals surface area contributed by atoms with Crippen molar-refractivity contribution in [2.45, 2.75) is 24.2 Å². The SMILES string of the molecule is NS(=O)(=O)c1ccc(NC(=O)CCN2CCCC(CN3CCN(c4ccccn4)CC3)C2)cc1. The molecule has 34 heavy (non-hydrogen) atoms. The molecule has 1 unspecified atom stereocenters. The third-order valence-corrected chi connectivity index (χ3v) is 7.52. The van der Waals surface area contributed by atoms with Gasteiger partial charge in [0.25, 0.3) is 0 Å². The number of aromatic nitrogens is 1. The van der Waals surface area contributed by atoms with Gasteiger partial charge < -0.3 is 15.1 Å². The van der Waals surface area contributed by atoms with Crippen LogP contribution in [-0.2, 0) is 14.8 Å². The lowest BCUT2D eigenvalue weighted by Crippen LogP contribution is -2.50. The number of nitrogens with zero attached hydrogens (tertiary/aromatic N) is 4. The number of likely N-dealkylation sites (tertiary alicyclic amines) is 1. The van der Waals surface area contributed by atoms with Crippen LogP contribution in [0.5, 0.6) is 0 Å². The van der Waals surface area contributed by atoms with Crippen LogP contribution in [0.15, 0.2) is 53.6 Å². The lowest BCUT2D eigenvalue weighted by molar-refractivity contribution is -0.116. The number of rotatable bonds is 8. The summed E-state index contributed by atoms with van der Waals surface area (Å²) in [4.78, 5) is 24.2. The van der Waals surface area contributed by atoms with E-state index in [9.17, 15) is 13.2 Å². The van der Waals surface area contributed by atoms with E-state index in [0.717, 1.165) is 64.6 Å². The van der Waals surface area contributed by atoms with E-state index in [1.54, 1.807) is 12.1 Å². The molecule has 1 amide bonds. The van der Waals surface area contributed by atoms with Crippen molar-refractivity contribution in [3.8, 4) is 0 Å². The maximum atomic E-state index is 12.4. The molecule has 2 aliphatic rings. The first-order valence-corrected chi connectivity index (χ1v) is 13.4. The predicted octanol–water partition coefficient (Wildman–Crippen LogP) is 1.59. The van der Waals surface area contributed by atoms with Gasteiger partial charge in [0.1, 0.15) is 5.82 Å². The average molecular weight is 487 g/mol. The van der Waals surface area contributed by atoms with Gasteiger partial charge in [-0.05, 0) is 61.7 Å². The molecule has 184 valence electrons. The molecular formula is C24H34N6O3S. The maximum absolute atomic E-state index is 12.4. The molecule has 1 atom stereocenters. The van der Waals surface area contributed by atoms with E-state index in [1.807, 2.05) is 18.3 Å². The van der Waals surface area contributed by atoms with Gasteiger partial charge in [0.2, 0.25) is 15.9 Å². The molecule has 0 radical (unpaired) electrons. The van der Waals surface area contributed by atoms with Crippen molar-refractivity contribution in [3.05, 3.63) is 48.7 Å². The predicted molar refractivity (Wildman–Crippen MR) is 133 cm³/mol. The molecule has 1 aromatic carbocycles. The number of hydrogen-bond donors (Lipinski definition) is 2. The van der Waals surface area contributed by atoms with Crippen molar-refractivity contribution in [2.75, 3.05) is 62.6 Å². The Balaban J connectivity index is 1.17. The van der Waals surface area contributed by atoms with Crippen molar-refractivity contribution in [1.29, 1.82) is 0 Å². The zero-order chi connectivity index (χ0) is 24.0. The Morgan fingerprint density at radius 3 is 2.47 bits per heavy atom. The molecule has 0 saturated carbocycles. The third-order valence-electron chi connectivity index (χ3n) is 6.59. The first-order chi connectivity index (χ1) is 16.4. The normalized spacial score (nSPS) is 20.3. The largest absolute Gasteiger partial charge is 0.354 e. The highest BCUT2D eigenvalue weighted by Gasteiger charge is 2.25. The zero-order valence-electron chi connectivity index (χ0n) is 19.5. The topological polar surface area (TPSA) is 112 Å². The first-order valence-electron chi connectivity index (χ1n) is 11.9. The van der Waals surface area contributed by atoms with Crippen LogP contribution < -0.4 is 15.4 Å². The molecule has 1 aromatic heterocycles. The summed E-state index contributed by atoms with van der Waals surface area (Å²) < 4.78 is 22.7. The Labute approximate surface area is 202 Å². The molecule has 0 spiro atoms. The average Bonchev–Trinajstić information content (AvgIpc) is 2.84. The highest BCUT2D eigenvalue weighted by Crippen LogP contribution is 2.20. The number of benzene rings is 1. The Morgan fingerprint density at radius 1 is 1.03 bits per heavy atom. The van der Waals surface area contributed by atoms with E-state index in [1.165, 1.54) is 18.6 Å². The number of carbonyl (C=O) groups excluding carboxylic acids is 1. The smallest absolute Gasteiger partial charge is 0.238 e. The summed E-state index contributed by atoms with van der Waals surface area (Å²) in [5, 5.41) is 7.95. The number of carbonyl (C=O) groups is 1. The molecule has 4 rings (SSSR count). The van der Waals surface area contributed by atoms with Crippen LogP contribution >= 0.6 is 0 Å². The highest BCUT2D eigenvalue weighted by molar-refractivity contribution is 7.89. The van der Waals surface area contributed by atoms with E-state index >= 15 is 0 Å². The van der Waals surface area contributed by atoms with Gasteiger partial charge in [-0.15, -0.1) is 0 Å². The summed E-state index contributed by atoms with van der Waals surface area (Å²) >= 11 is 0. The van der Waals surface area contributed by atoms with Crippen molar-refractivity contribution in [1.82, 2.24) is 14.8 Å². The fourth-order valence-electron chi connectivity index (χ4n) is 4.78. The molecule has 2 fully saturated rings. The first kappa shape index (κ1) is 24.6. The second-order valence-electron chi connectivity index (χ2n) is 9.15. The maximum Gasteiger partial charge on any atom is 0.238 e. The molecule has 2 aromatic rings. The number of amides is 1. The lowest BCUT2D eigenvalue weighted by Gasteiger charge is -2.39. The Hall–Kier alpha value is -2.53. The second kappa shape index (κ2) is 11.3. The van der Waals surface area contributed by atoms with Gasteiger partial charge in [-0.25, -0.2) is 18.5 Å². The van der Waals surface area contributed by atoms with Gasteiger partial charge in [-0.3, -0.25) is 9.69 Å². The monoisotopic (exact) mass is 486 g/mol. The van der Waals surface area contributed by atoms with Gasteiger partial charge in [0.15, 0.2) is 0 Å². The van der Waals surface area contributed by atoms with Crippen molar-refractivity contribution >= 4 is 27.4 Å². The number of anilines is 2. The number of nitrogens with two attached hydrogens (primary N) is 1. The summed E-state index contributed by atoms with van der Waals surface area (Å²) in [6, 6.07) is 12.0. The van der Waals surface area contributed by atoms with E-state index < -0.39 is 10.0 Å². The van der Waals surface area contributed by atoms with E-state index in [0.29, 0.717) is 18.0 Å². The third kappa shape index (κ3) is 6.99. The molecule has 0 aliphatic carbocycles. The van der Waals surface area contributed by atoms with Crippen molar-refractivity contribution in [2.24, 2.45) is 11.1 Å². The molecule has 9 nitrogen and oxygen atoms in total. The number of hydrogen-bond acceptors (Lipinski definition) is 7. The van der Waals surface area contributed by atoms with Crippen molar-refractivity contribution < 1.29 is 13.2 Å². The number of piperazine rings is 1. The van der Waals surface area contributed by atoms with Crippen molar-refractivity contribution in [3.63, 3.8) is 0 Å². The minimum absolute atomic E-state index is 0.0306. The van der Waals surface area contributed by atoms with Gasteiger partial charge >= 0.3 is 0 Å². The number of pyridine rings is 1. The molecule has 2 aliphatic heterocycles. The minimum Gasteiger partial charge on any atom is -0.354 e. The zero-order valence-corrected chi connectivity index (χ0v) is 20.3. The fraction of sp³-hybridized carbons (Fsp3) is 0.500. The summed E-state index contributed by atoms with van der Waals surface area (Å²) in [5.74, 6) is 1.62. The minimum atomic E-state index is -3.73. The fourth-order valence-corrected chi connectivity index (χ4v) is 5.30. The number of sulfonamides is 1. The van der Waals surface area contributed by atoms with Crippen LogP contribution in [-0.4, -0.2) is 81.5 Å². The van der Waals surface area contributed by atoms with Gasteiger partial charge in [-0.2, -0.15) is 0 Å². The summed E-state index contributed by atoms with van der Waals surface area (Å²) in [5.41, 5.74) is 0.568. The van der Waals surface area contributed by atoms with E-state index in [4.69, 9.17) is 5.14 Å². The van der Waals surface area contributed by atoms with Gasteiger partial charge in [0.05, 0.1) is 4.90 Å². The van der Waals surface area contributed by atoms with Crippen LogP contribution in [0.4, 0.5) is 11.5 Å². The summed E-state index contributed by atoms with van der Waals surface area (Å²) in [6.45, 7) is 8.01. The summed E-state index contributed by atoms with van der Waals surface area (Å²) in [6.07, 6.45) is 4.66. The lowest BCUT2D eigenvalue weighted by atomic mass is 9.97. The Kier molecular flexibility index (Phi) is 8.15. The number of primary sulfonamides is 1. The Bertz CT molecular complexity index is 1040. The van der Waals surface area contributed by atoms with E-state index in [-0.39, 0.29) is 10.8 Å². The number of piperidine rings is 1. The van der Waals surface area contributed by atoms with Crippen LogP contribution in [0.1, 0.15) is 19.3 Å². The van der Waals surface area contributed by atoms with E-state index in [2.05, 4.69) is 31.1 Å². The van der Waals surface area contributed by atoms with Crippen LogP contribution in [0.25, 0.3) is 0 Å². The standard InChI is InChI=1S/C24H34N6O3S/c25-34(32,33)22-8-6-21(7-9-22)27-24(31)10-13-28-12-3-4-20(18-28)19-29-14-16-30(17-15-29)23-5-1-2-11-26-23/h1-2,5-9,11,20H,3-4,10,12-19H2,(H,27,31)(H2,25,32,33). The summed E-state index contributed by atoms with van der Waals surface area (Å²) in [7, 11) is -3.73. The van der Waals surface area contributed by atoms with Crippen LogP contribution in [0.2, 0.25) is 0 Å². The number of nitrogens with one attached hydrogen (secondary N) is 1. The molecule has 10 heteroatoms. The van der Waals surface area contributed by atoms with Gasteiger partial charge in [0, 0.05) is 64.1 Å². The molecule has 0 bridgehead atoms. The molecular weight excluding hydrogens is 452 g/mol. The Morgan fingerprint density at radius 2 is 1.79 bits per heavy atom. The van der Waals surface area contributed by atoms with Crippen LogP contribution in [0, 0.1) is 5.92 Å². The molecule has 2 saturated heterocycles. The van der Waals surface area contributed by atoms with Crippen LogP contribution in [0.3, 0.4) is 0 Å². The quantitative estimate of drug-likeness (QED) is 0.583. The van der Waals surface area contributed by atoms with Gasteiger partial charge in [-0.1, -0.05) is 6.07 Å². The highest BCUT2D eigenvalue weighted by atomic mass is 32.2. The second-order valence-corrected chi connectivity index (χ2v) is 10.7.